The van der Waals surface area contributed by atoms with E-state index >= 15 is 0 Å². The molecule has 0 saturated heterocycles. The zero-order chi connectivity index (χ0) is 16.3. The standard InChI is InChI=1S/C26H30/c1-2-4-11(5-3-1)10-16-20-14-8-6-12-17-13-7-9-15-19(13)24-22(17)23(18(12)14)25(20)26(24)21(15)16/h1-5,12-26H,6-10H2/t12-,13+,14-,15-,16?,17?,18+,19-,20+,21+,22?,23+,24-,25-,26+/m1/s1. The van der Waals surface area contributed by atoms with E-state index in [1.807, 2.05) is 0 Å². The summed E-state index contributed by atoms with van der Waals surface area (Å²) in [7, 11) is 0. The van der Waals surface area contributed by atoms with E-state index in [9.17, 15) is 0 Å². The van der Waals surface area contributed by atoms with E-state index in [1.165, 1.54) is 77.4 Å². The van der Waals surface area contributed by atoms with E-state index in [0.717, 1.165) is 17.8 Å². The quantitative estimate of drug-likeness (QED) is 0.698. The van der Waals surface area contributed by atoms with Crippen LogP contribution in [0.2, 0.25) is 0 Å². The molecular formula is C26H30. The molecule has 8 saturated carbocycles. The molecule has 0 nitrogen and oxygen atoms in total. The van der Waals surface area contributed by atoms with Crippen LogP contribution in [0.25, 0.3) is 0 Å². The molecule has 0 amide bonds. The first-order valence-electron chi connectivity index (χ1n) is 12.0. The van der Waals surface area contributed by atoms with Crippen LogP contribution >= 0.6 is 0 Å². The van der Waals surface area contributed by atoms with Crippen molar-refractivity contribution in [1.82, 2.24) is 0 Å². The van der Waals surface area contributed by atoms with Gasteiger partial charge in [0, 0.05) is 0 Å². The van der Waals surface area contributed by atoms with Crippen LogP contribution in [-0.2, 0) is 6.42 Å². The molecule has 1 aromatic carbocycles. The first kappa shape index (κ1) is 13.4. The van der Waals surface area contributed by atoms with Gasteiger partial charge in [0.05, 0.1) is 0 Å². The average molecular weight is 343 g/mol. The second-order valence-electron chi connectivity index (χ2n) is 11.9. The monoisotopic (exact) mass is 342 g/mol. The van der Waals surface area contributed by atoms with Gasteiger partial charge < -0.3 is 0 Å². The fourth-order valence-corrected chi connectivity index (χ4v) is 13.0. The van der Waals surface area contributed by atoms with Crippen molar-refractivity contribution in [1.29, 1.82) is 0 Å². The third-order valence-corrected chi connectivity index (χ3v) is 12.4. The normalized spacial score (nSPS) is 68.7. The van der Waals surface area contributed by atoms with Crippen molar-refractivity contribution >= 4 is 0 Å². The zero-order valence-electron chi connectivity index (χ0n) is 15.6. The lowest BCUT2D eigenvalue weighted by Crippen LogP contribution is -2.30. The van der Waals surface area contributed by atoms with Crippen molar-refractivity contribution in [2.24, 2.45) is 88.8 Å². The number of hydrogen-bond acceptors (Lipinski definition) is 0. The maximum absolute atomic E-state index is 2.44. The van der Waals surface area contributed by atoms with E-state index in [1.54, 1.807) is 31.2 Å². The highest BCUT2D eigenvalue weighted by Crippen LogP contribution is 2.89. The Labute approximate surface area is 157 Å². The molecule has 8 aliphatic carbocycles. The van der Waals surface area contributed by atoms with Gasteiger partial charge in [-0.05, 0) is 126 Å². The molecule has 1 aromatic rings. The Morgan fingerprint density at radius 3 is 1.42 bits per heavy atom. The number of fused-ring (bicyclic) bond motifs is 4. The van der Waals surface area contributed by atoms with Crippen LogP contribution in [0.3, 0.4) is 0 Å². The van der Waals surface area contributed by atoms with Gasteiger partial charge in [0.2, 0.25) is 0 Å². The van der Waals surface area contributed by atoms with Gasteiger partial charge >= 0.3 is 0 Å². The molecule has 3 unspecified atom stereocenters. The van der Waals surface area contributed by atoms with E-state index in [0.29, 0.717) is 0 Å². The minimum absolute atomic E-state index is 1.07. The predicted molar refractivity (Wildman–Crippen MR) is 101 cm³/mol. The van der Waals surface area contributed by atoms with Gasteiger partial charge in [0.25, 0.3) is 0 Å². The van der Waals surface area contributed by atoms with Crippen LogP contribution in [0.4, 0.5) is 0 Å². The molecule has 8 aliphatic rings. The summed E-state index contributed by atoms with van der Waals surface area (Å²) in [6.07, 6.45) is 7.98. The maximum Gasteiger partial charge on any atom is -0.0245 e. The molecular weight excluding hydrogens is 312 g/mol. The highest BCUT2D eigenvalue weighted by molar-refractivity contribution is 5.33. The molecule has 0 heteroatoms. The van der Waals surface area contributed by atoms with Crippen LogP contribution in [0, 0.1) is 88.8 Å². The van der Waals surface area contributed by atoms with E-state index in [4.69, 9.17) is 0 Å². The molecule has 0 radical (unpaired) electrons. The van der Waals surface area contributed by atoms with Crippen LogP contribution < -0.4 is 0 Å². The molecule has 9 rings (SSSR count). The van der Waals surface area contributed by atoms with Gasteiger partial charge in [-0.25, -0.2) is 0 Å². The number of benzene rings is 1. The minimum Gasteiger partial charge on any atom is -0.0622 e. The smallest absolute Gasteiger partial charge is 0.0245 e. The fourth-order valence-electron chi connectivity index (χ4n) is 13.0. The van der Waals surface area contributed by atoms with Gasteiger partial charge in [-0.1, -0.05) is 30.3 Å². The van der Waals surface area contributed by atoms with Crippen molar-refractivity contribution < 1.29 is 0 Å². The van der Waals surface area contributed by atoms with Crippen molar-refractivity contribution in [3.8, 4) is 0 Å². The zero-order valence-corrected chi connectivity index (χ0v) is 15.6. The Balaban J connectivity index is 1.26. The van der Waals surface area contributed by atoms with Crippen LogP contribution in [0.15, 0.2) is 30.3 Å². The molecule has 134 valence electrons. The Hall–Kier alpha value is -0.780. The first-order valence-corrected chi connectivity index (χ1v) is 12.0. The molecule has 26 heavy (non-hydrogen) atoms. The Morgan fingerprint density at radius 1 is 0.500 bits per heavy atom. The molecule has 0 bridgehead atoms. The lowest BCUT2D eigenvalue weighted by Gasteiger charge is -2.34. The molecule has 15 atom stereocenters. The maximum atomic E-state index is 2.44. The molecule has 0 aromatic heterocycles. The molecule has 8 fully saturated rings. The van der Waals surface area contributed by atoms with Gasteiger partial charge in [-0.3, -0.25) is 0 Å². The second kappa shape index (κ2) is 3.99. The summed E-state index contributed by atoms with van der Waals surface area (Å²) in [4.78, 5) is 0. The van der Waals surface area contributed by atoms with Crippen molar-refractivity contribution in [3.05, 3.63) is 35.9 Å². The SMILES string of the molecule is c1ccc(CC2[C@@H]3[C@@H]4CC[C@@H]5C6C7[C@@H]8[C@H]([C@H]2[C@@H]2CC[C@@H]6[C@H]28)[C@H]3[C@H]7[C@H]45)cc1. The van der Waals surface area contributed by atoms with Gasteiger partial charge in [-0.2, -0.15) is 0 Å². The van der Waals surface area contributed by atoms with Crippen LogP contribution in [0.1, 0.15) is 31.2 Å². The molecule has 0 N–H and O–H groups in total. The third-order valence-electron chi connectivity index (χ3n) is 12.4. The lowest BCUT2D eigenvalue weighted by molar-refractivity contribution is 0.143. The van der Waals surface area contributed by atoms with Crippen LogP contribution in [-0.4, -0.2) is 0 Å². The summed E-state index contributed by atoms with van der Waals surface area (Å²) in [5.74, 6) is 17.9. The average Bonchev–Trinajstić information content (AvgIpc) is 3.42. The molecule has 0 aliphatic heterocycles. The van der Waals surface area contributed by atoms with E-state index in [-0.39, 0.29) is 0 Å². The fraction of sp³-hybridized carbons (Fsp3) is 0.769. The largest absolute Gasteiger partial charge is 0.0622 e. The minimum atomic E-state index is 1.07. The van der Waals surface area contributed by atoms with E-state index < -0.39 is 0 Å². The summed E-state index contributed by atoms with van der Waals surface area (Å²) >= 11 is 0. The number of hydrogen-bond donors (Lipinski definition) is 0. The Bertz CT molecular complexity index is 765. The predicted octanol–water partition coefficient (Wildman–Crippen LogP) is 5.14. The summed E-state index contributed by atoms with van der Waals surface area (Å²) in [5, 5.41) is 0. The van der Waals surface area contributed by atoms with Crippen LogP contribution in [0.5, 0.6) is 0 Å². The third kappa shape index (κ3) is 1.12. The lowest BCUT2D eigenvalue weighted by atomic mass is 9.70. The van der Waals surface area contributed by atoms with Gasteiger partial charge in [0.15, 0.2) is 0 Å². The summed E-state index contributed by atoms with van der Waals surface area (Å²) in [5.41, 5.74) is 1.66. The van der Waals surface area contributed by atoms with Crippen molar-refractivity contribution in [2.45, 2.75) is 32.1 Å². The van der Waals surface area contributed by atoms with E-state index in [2.05, 4.69) is 30.3 Å². The van der Waals surface area contributed by atoms with Gasteiger partial charge in [-0.15, -0.1) is 0 Å². The van der Waals surface area contributed by atoms with Gasteiger partial charge in [0.1, 0.15) is 0 Å². The second-order valence-corrected chi connectivity index (χ2v) is 11.9. The summed E-state index contributed by atoms with van der Waals surface area (Å²) < 4.78 is 0. The molecule has 0 heterocycles. The highest BCUT2D eigenvalue weighted by Gasteiger charge is 2.84. The summed E-state index contributed by atoms with van der Waals surface area (Å²) in [6, 6.07) is 11.7. The topological polar surface area (TPSA) is 0 Å². The Morgan fingerprint density at radius 2 is 0.923 bits per heavy atom. The Kier molecular flexibility index (Phi) is 2.06. The first-order chi connectivity index (χ1) is 12.9. The highest BCUT2D eigenvalue weighted by atomic mass is 14.9. The number of rotatable bonds is 2. The van der Waals surface area contributed by atoms with Crippen molar-refractivity contribution in [2.75, 3.05) is 0 Å². The summed E-state index contributed by atoms with van der Waals surface area (Å²) in [6.45, 7) is 0. The molecule has 0 spiro atoms. The van der Waals surface area contributed by atoms with Crippen molar-refractivity contribution in [3.63, 3.8) is 0 Å².